The normalized spacial score (nSPS) is 18.4. The molecule has 2 aromatic rings. The molecule has 1 aliphatic rings. The molecular formula is C18H23ClN4O2. The van der Waals surface area contributed by atoms with Gasteiger partial charge >= 0.3 is 0 Å². The van der Waals surface area contributed by atoms with Crippen LogP contribution in [0.5, 0.6) is 0 Å². The van der Waals surface area contributed by atoms with E-state index in [0.29, 0.717) is 29.1 Å². The quantitative estimate of drug-likeness (QED) is 0.818. The number of primary amides is 1. The van der Waals surface area contributed by atoms with Gasteiger partial charge in [-0.15, -0.1) is 0 Å². The van der Waals surface area contributed by atoms with E-state index in [1.165, 1.54) is 6.42 Å². The highest BCUT2D eigenvalue weighted by molar-refractivity contribution is 6.30. The van der Waals surface area contributed by atoms with Crippen molar-refractivity contribution >= 4 is 17.5 Å². The molecule has 0 aliphatic carbocycles. The molecule has 0 radical (unpaired) electrons. The Morgan fingerprint density at radius 1 is 1.44 bits per heavy atom. The Bertz CT molecular complexity index is 719. The van der Waals surface area contributed by atoms with Gasteiger partial charge in [0.25, 0.3) is 0 Å². The molecule has 1 aromatic carbocycles. The maximum Gasteiger partial charge on any atom is 0.228 e. The number of carbonyl (C=O) groups excluding carboxylic acids is 1. The van der Waals surface area contributed by atoms with Gasteiger partial charge in [0.15, 0.2) is 0 Å². The third kappa shape index (κ3) is 5.28. The predicted octanol–water partition coefficient (Wildman–Crippen LogP) is 2.91. The molecule has 3 rings (SSSR count). The van der Waals surface area contributed by atoms with Gasteiger partial charge in [-0.3, -0.25) is 4.79 Å². The van der Waals surface area contributed by atoms with Crippen LogP contribution in [0.2, 0.25) is 5.02 Å². The lowest BCUT2D eigenvalue weighted by molar-refractivity contribution is -0.118. The first-order valence-electron chi connectivity index (χ1n) is 8.69. The lowest BCUT2D eigenvalue weighted by Gasteiger charge is -2.32. The van der Waals surface area contributed by atoms with Crippen LogP contribution in [0.25, 0.3) is 11.4 Å². The average Bonchev–Trinajstić information content (AvgIpc) is 3.08. The molecule has 2 heterocycles. The fourth-order valence-electron chi connectivity index (χ4n) is 3.29. The second-order valence-corrected chi connectivity index (χ2v) is 7.02. The van der Waals surface area contributed by atoms with Crippen molar-refractivity contribution in [2.24, 2.45) is 11.7 Å². The van der Waals surface area contributed by atoms with Gasteiger partial charge in [0, 0.05) is 36.5 Å². The molecule has 1 saturated heterocycles. The highest BCUT2D eigenvalue weighted by atomic mass is 35.5. The first-order valence-corrected chi connectivity index (χ1v) is 9.07. The van der Waals surface area contributed by atoms with Crippen molar-refractivity contribution in [3.8, 4) is 11.4 Å². The maximum absolute atomic E-state index is 10.9. The van der Waals surface area contributed by atoms with Crippen LogP contribution in [0.15, 0.2) is 28.8 Å². The molecule has 1 aromatic heterocycles. The van der Waals surface area contributed by atoms with E-state index in [1.54, 1.807) is 0 Å². The molecule has 2 N–H and O–H groups in total. The largest absolute Gasteiger partial charge is 0.370 e. The molecule has 0 saturated carbocycles. The molecule has 6 nitrogen and oxygen atoms in total. The summed E-state index contributed by atoms with van der Waals surface area (Å²) < 4.78 is 5.36. The standard InChI is InChI=1S/C18H23ClN4O2/c19-15-5-1-4-14(11-15)18-21-17(25-22-18)8-10-23-9-2-3-13(12-23)6-7-16(20)24/h1,4-5,11,13H,2-3,6-10,12H2,(H2,20,24). The predicted molar refractivity (Wildman–Crippen MR) is 96.0 cm³/mol. The topological polar surface area (TPSA) is 85.3 Å². The van der Waals surface area contributed by atoms with Crippen LogP contribution in [-0.2, 0) is 11.2 Å². The van der Waals surface area contributed by atoms with Gasteiger partial charge in [-0.05, 0) is 43.9 Å². The summed E-state index contributed by atoms with van der Waals surface area (Å²) in [5.41, 5.74) is 6.10. The third-order valence-electron chi connectivity index (χ3n) is 4.59. The number of aromatic nitrogens is 2. The highest BCUT2D eigenvalue weighted by Gasteiger charge is 2.20. The zero-order chi connectivity index (χ0) is 17.6. The summed E-state index contributed by atoms with van der Waals surface area (Å²) in [4.78, 5) is 17.8. The van der Waals surface area contributed by atoms with Crippen LogP contribution in [0, 0.1) is 5.92 Å². The van der Waals surface area contributed by atoms with E-state index < -0.39 is 0 Å². The van der Waals surface area contributed by atoms with E-state index in [-0.39, 0.29) is 5.91 Å². The summed E-state index contributed by atoms with van der Waals surface area (Å²) in [7, 11) is 0. The molecule has 1 unspecified atom stereocenters. The van der Waals surface area contributed by atoms with Crippen molar-refractivity contribution in [1.29, 1.82) is 0 Å². The molecule has 1 amide bonds. The molecule has 1 fully saturated rings. The number of piperidine rings is 1. The number of amides is 1. The Labute approximate surface area is 152 Å². The van der Waals surface area contributed by atoms with E-state index in [0.717, 1.165) is 44.5 Å². The smallest absolute Gasteiger partial charge is 0.228 e. The Morgan fingerprint density at radius 2 is 2.32 bits per heavy atom. The summed E-state index contributed by atoms with van der Waals surface area (Å²) in [5, 5.41) is 4.69. The molecule has 0 bridgehead atoms. The van der Waals surface area contributed by atoms with Crippen molar-refractivity contribution in [2.75, 3.05) is 19.6 Å². The minimum atomic E-state index is -0.212. The molecule has 134 valence electrons. The number of hydrogen-bond acceptors (Lipinski definition) is 5. The first-order chi connectivity index (χ1) is 12.1. The molecule has 0 spiro atoms. The van der Waals surface area contributed by atoms with Gasteiger partial charge in [0.1, 0.15) is 0 Å². The Kier molecular flexibility index (Phi) is 6.04. The lowest BCUT2D eigenvalue weighted by atomic mass is 9.93. The van der Waals surface area contributed by atoms with Crippen LogP contribution in [0.3, 0.4) is 0 Å². The van der Waals surface area contributed by atoms with E-state index in [2.05, 4.69) is 15.0 Å². The zero-order valence-electron chi connectivity index (χ0n) is 14.2. The summed E-state index contributed by atoms with van der Waals surface area (Å²) in [5.74, 6) is 1.53. The van der Waals surface area contributed by atoms with Crippen molar-refractivity contribution in [1.82, 2.24) is 15.0 Å². The number of hydrogen-bond donors (Lipinski definition) is 1. The van der Waals surface area contributed by atoms with Crippen molar-refractivity contribution in [3.05, 3.63) is 35.2 Å². The van der Waals surface area contributed by atoms with Crippen molar-refractivity contribution < 1.29 is 9.32 Å². The molecule has 7 heteroatoms. The number of rotatable bonds is 7. The number of benzene rings is 1. The molecule has 1 aliphatic heterocycles. The Balaban J connectivity index is 1.51. The van der Waals surface area contributed by atoms with E-state index in [1.807, 2.05) is 24.3 Å². The highest BCUT2D eigenvalue weighted by Crippen LogP contribution is 2.22. The van der Waals surface area contributed by atoms with E-state index >= 15 is 0 Å². The summed E-state index contributed by atoms with van der Waals surface area (Å²) in [6, 6.07) is 7.42. The van der Waals surface area contributed by atoms with Crippen LogP contribution in [0.1, 0.15) is 31.6 Å². The first kappa shape index (κ1) is 17.9. The van der Waals surface area contributed by atoms with Gasteiger partial charge in [0.2, 0.25) is 17.6 Å². The van der Waals surface area contributed by atoms with Crippen LogP contribution >= 0.6 is 11.6 Å². The number of halogens is 1. The maximum atomic E-state index is 10.9. The zero-order valence-corrected chi connectivity index (χ0v) is 14.9. The van der Waals surface area contributed by atoms with Gasteiger partial charge in [-0.1, -0.05) is 28.9 Å². The summed E-state index contributed by atoms with van der Waals surface area (Å²) in [6.07, 6.45) is 4.40. The fraction of sp³-hybridized carbons (Fsp3) is 0.500. The van der Waals surface area contributed by atoms with Gasteiger partial charge in [-0.25, -0.2) is 0 Å². The summed E-state index contributed by atoms with van der Waals surface area (Å²) >= 11 is 6.00. The Hall–Kier alpha value is -1.92. The summed E-state index contributed by atoms with van der Waals surface area (Å²) in [6.45, 7) is 2.95. The molecule has 1 atom stereocenters. The minimum Gasteiger partial charge on any atom is -0.370 e. The molecular weight excluding hydrogens is 340 g/mol. The van der Waals surface area contributed by atoms with E-state index in [9.17, 15) is 4.79 Å². The van der Waals surface area contributed by atoms with E-state index in [4.69, 9.17) is 21.9 Å². The average molecular weight is 363 g/mol. The number of likely N-dealkylation sites (tertiary alicyclic amines) is 1. The third-order valence-corrected chi connectivity index (χ3v) is 4.83. The van der Waals surface area contributed by atoms with Crippen molar-refractivity contribution in [2.45, 2.75) is 32.1 Å². The minimum absolute atomic E-state index is 0.212. The van der Waals surface area contributed by atoms with Gasteiger partial charge < -0.3 is 15.2 Å². The van der Waals surface area contributed by atoms with Gasteiger partial charge in [-0.2, -0.15) is 4.98 Å². The van der Waals surface area contributed by atoms with Gasteiger partial charge in [0.05, 0.1) is 0 Å². The molecule has 25 heavy (non-hydrogen) atoms. The van der Waals surface area contributed by atoms with Crippen LogP contribution < -0.4 is 5.73 Å². The second-order valence-electron chi connectivity index (χ2n) is 6.59. The van der Waals surface area contributed by atoms with Crippen LogP contribution in [0.4, 0.5) is 0 Å². The number of nitrogens with two attached hydrogens (primary N) is 1. The number of nitrogens with zero attached hydrogens (tertiary/aromatic N) is 3. The SMILES string of the molecule is NC(=O)CCC1CCCN(CCc2nc(-c3cccc(Cl)c3)no2)C1. The Morgan fingerprint density at radius 3 is 3.12 bits per heavy atom. The second kappa shape index (κ2) is 8.45. The fourth-order valence-corrected chi connectivity index (χ4v) is 3.48. The lowest BCUT2D eigenvalue weighted by Crippen LogP contribution is -2.37. The van der Waals surface area contributed by atoms with Crippen molar-refractivity contribution in [3.63, 3.8) is 0 Å². The monoisotopic (exact) mass is 362 g/mol. The van der Waals surface area contributed by atoms with Crippen LogP contribution in [-0.4, -0.2) is 40.6 Å². The number of carbonyl (C=O) groups is 1.